The monoisotopic (exact) mass is 393 g/mol. The lowest BCUT2D eigenvalue weighted by Crippen LogP contribution is -2.36. The molecule has 0 fully saturated rings. The Morgan fingerprint density at radius 3 is 2.48 bits per heavy atom. The van der Waals surface area contributed by atoms with Gasteiger partial charge in [0, 0.05) is 5.69 Å². The van der Waals surface area contributed by atoms with Crippen LogP contribution in [0.2, 0.25) is 0 Å². The van der Waals surface area contributed by atoms with Crippen molar-refractivity contribution < 1.29 is 19.1 Å². The van der Waals surface area contributed by atoms with Crippen LogP contribution in [0.15, 0.2) is 54.6 Å². The summed E-state index contributed by atoms with van der Waals surface area (Å²) in [5.41, 5.74) is 6.73. The number of benzene rings is 2. The standard InChI is InChI=1S/C19H23N3O4.ClH/c20-12-18(23)21-13-19(24)22-16-6-4-5-15(11-16)14-25-9-10-26-17-7-2-1-3-8-17;/h1-8,11H,9-10,12-14,20H2,(H,21,23)(H,22,24);1H. The van der Waals surface area contributed by atoms with Crippen molar-refractivity contribution in [1.29, 1.82) is 0 Å². The Kier molecular flexibility index (Phi) is 10.5. The highest BCUT2D eigenvalue weighted by Crippen LogP contribution is 2.12. The first-order chi connectivity index (χ1) is 12.7. The van der Waals surface area contributed by atoms with Crippen LogP contribution in [0.1, 0.15) is 5.56 Å². The number of nitrogens with two attached hydrogens (primary N) is 1. The molecular formula is C19H24ClN3O4. The molecule has 27 heavy (non-hydrogen) atoms. The number of rotatable bonds is 10. The van der Waals surface area contributed by atoms with E-state index in [9.17, 15) is 9.59 Å². The molecule has 0 saturated carbocycles. The van der Waals surface area contributed by atoms with Crippen LogP contribution < -0.4 is 21.1 Å². The first-order valence-corrected chi connectivity index (χ1v) is 8.28. The predicted octanol–water partition coefficient (Wildman–Crippen LogP) is 1.72. The fourth-order valence-electron chi connectivity index (χ4n) is 2.12. The van der Waals surface area contributed by atoms with Crippen molar-refractivity contribution in [2.75, 3.05) is 31.6 Å². The summed E-state index contributed by atoms with van der Waals surface area (Å²) >= 11 is 0. The summed E-state index contributed by atoms with van der Waals surface area (Å²) in [6.45, 7) is 1.06. The van der Waals surface area contributed by atoms with Gasteiger partial charge in [0.15, 0.2) is 0 Å². The van der Waals surface area contributed by atoms with Crippen LogP contribution in [0.25, 0.3) is 0 Å². The molecule has 146 valence electrons. The summed E-state index contributed by atoms with van der Waals surface area (Å²) in [4.78, 5) is 22.8. The van der Waals surface area contributed by atoms with E-state index in [1.165, 1.54) is 0 Å². The van der Waals surface area contributed by atoms with Crippen LogP contribution in [-0.2, 0) is 20.9 Å². The Bertz CT molecular complexity index is 713. The van der Waals surface area contributed by atoms with E-state index in [-0.39, 0.29) is 37.3 Å². The van der Waals surface area contributed by atoms with Gasteiger partial charge in [-0.15, -0.1) is 12.4 Å². The molecule has 0 unspecified atom stereocenters. The minimum absolute atomic E-state index is 0. The van der Waals surface area contributed by atoms with Crippen molar-refractivity contribution in [2.24, 2.45) is 5.73 Å². The lowest BCUT2D eigenvalue weighted by Gasteiger charge is -2.09. The van der Waals surface area contributed by atoms with Gasteiger partial charge in [-0.3, -0.25) is 9.59 Å². The van der Waals surface area contributed by atoms with Crippen molar-refractivity contribution in [1.82, 2.24) is 5.32 Å². The van der Waals surface area contributed by atoms with E-state index < -0.39 is 0 Å². The lowest BCUT2D eigenvalue weighted by atomic mass is 10.2. The highest BCUT2D eigenvalue weighted by Gasteiger charge is 2.05. The number of hydrogen-bond acceptors (Lipinski definition) is 5. The van der Waals surface area contributed by atoms with E-state index in [4.69, 9.17) is 15.2 Å². The van der Waals surface area contributed by atoms with Gasteiger partial charge in [-0.25, -0.2) is 0 Å². The fourth-order valence-corrected chi connectivity index (χ4v) is 2.12. The molecule has 0 radical (unpaired) electrons. The molecule has 2 rings (SSSR count). The van der Waals surface area contributed by atoms with Gasteiger partial charge in [0.25, 0.3) is 0 Å². The topological polar surface area (TPSA) is 103 Å². The molecule has 0 atom stereocenters. The number of carbonyl (C=O) groups excluding carboxylic acids is 2. The smallest absolute Gasteiger partial charge is 0.243 e. The van der Waals surface area contributed by atoms with Crippen molar-refractivity contribution in [2.45, 2.75) is 6.61 Å². The van der Waals surface area contributed by atoms with Crippen molar-refractivity contribution >= 4 is 29.9 Å². The number of nitrogens with one attached hydrogen (secondary N) is 2. The average Bonchev–Trinajstić information content (AvgIpc) is 2.67. The molecule has 0 bridgehead atoms. The van der Waals surface area contributed by atoms with E-state index in [0.29, 0.717) is 25.5 Å². The maximum absolute atomic E-state index is 11.8. The van der Waals surface area contributed by atoms with Gasteiger partial charge in [-0.2, -0.15) is 0 Å². The number of carbonyl (C=O) groups is 2. The van der Waals surface area contributed by atoms with E-state index in [1.54, 1.807) is 6.07 Å². The Hall–Kier alpha value is -2.61. The number of halogens is 1. The van der Waals surface area contributed by atoms with E-state index >= 15 is 0 Å². The van der Waals surface area contributed by atoms with Gasteiger partial charge >= 0.3 is 0 Å². The summed E-state index contributed by atoms with van der Waals surface area (Å²) < 4.78 is 11.1. The molecule has 2 aromatic carbocycles. The van der Waals surface area contributed by atoms with Crippen LogP contribution in [0, 0.1) is 0 Å². The first kappa shape index (κ1) is 22.4. The van der Waals surface area contributed by atoms with Crippen molar-refractivity contribution in [3.63, 3.8) is 0 Å². The normalized spacial score (nSPS) is 9.81. The third-order valence-corrected chi connectivity index (χ3v) is 3.35. The highest BCUT2D eigenvalue weighted by molar-refractivity contribution is 5.94. The number of hydrogen-bond donors (Lipinski definition) is 3. The Balaban J connectivity index is 0.00000364. The maximum atomic E-state index is 11.8. The van der Waals surface area contributed by atoms with Gasteiger partial charge in [0.2, 0.25) is 11.8 Å². The molecule has 4 N–H and O–H groups in total. The number of amides is 2. The van der Waals surface area contributed by atoms with Crippen LogP contribution in [-0.4, -0.2) is 38.1 Å². The van der Waals surface area contributed by atoms with Crippen LogP contribution in [0.4, 0.5) is 5.69 Å². The number of anilines is 1. The number of para-hydroxylation sites is 1. The van der Waals surface area contributed by atoms with Crippen LogP contribution in [0.5, 0.6) is 5.75 Å². The van der Waals surface area contributed by atoms with Crippen molar-refractivity contribution in [3.8, 4) is 5.75 Å². The molecule has 7 nitrogen and oxygen atoms in total. The molecule has 0 aliphatic rings. The van der Waals surface area contributed by atoms with Gasteiger partial charge in [-0.1, -0.05) is 30.3 Å². The van der Waals surface area contributed by atoms with Gasteiger partial charge in [0.1, 0.15) is 12.4 Å². The second kappa shape index (κ2) is 12.7. The third kappa shape index (κ3) is 9.05. The molecule has 2 aromatic rings. The van der Waals surface area contributed by atoms with E-state index in [1.807, 2.05) is 48.5 Å². The SMILES string of the molecule is Cl.NCC(=O)NCC(=O)Nc1cccc(COCCOc2ccccc2)c1. The Morgan fingerprint density at radius 2 is 1.74 bits per heavy atom. The summed E-state index contributed by atoms with van der Waals surface area (Å²) in [7, 11) is 0. The maximum Gasteiger partial charge on any atom is 0.243 e. The second-order valence-corrected chi connectivity index (χ2v) is 5.44. The van der Waals surface area contributed by atoms with Gasteiger partial charge < -0.3 is 25.8 Å². The largest absolute Gasteiger partial charge is 0.491 e. The lowest BCUT2D eigenvalue weighted by molar-refractivity contribution is -0.123. The zero-order valence-electron chi connectivity index (χ0n) is 14.9. The first-order valence-electron chi connectivity index (χ1n) is 8.28. The summed E-state index contributed by atoms with van der Waals surface area (Å²) in [6.07, 6.45) is 0. The molecule has 0 saturated heterocycles. The highest BCUT2D eigenvalue weighted by atomic mass is 35.5. The fraction of sp³-hybridized carbons (Fsp3) is 0.263. The molecule has 0 heterocycles. The molecule has 8 heteroatoms. The Labute approximate surface area is 164 Å². The molecule has 2 amide bonds. The Morgan fingerprint density at radius 1 is 0.963 bits per heavy atom. The summed E-state index contributed by atoms with van der Waals surface area (Å²) in [5.74, 6) is 0.115. The van der Waals surface area contributed by atoms with Crippen molar-refractivity contribution in [3.05, 3.63) is 60.2 Å². The quantitative estimate of drug-likeness (QED) is 0.533. The second-order valence-electron chi connectivity index (χ2n) is 5.44. The van der Waals surface area contributed by atoms with E-state index in [2.05, 4.69) is 10.6 Å². The van der Waals surface area contributed by atoms with Crippen LogP contribution >= 0.6 is 12.4 Å². The molecule has 0 aliphatic carbocycles. The molecule has 0 spiro atoms. The average molecular weight is 394 g/mol. The third-order valence-electron chi connectivity index (χ3n) is 3.35. The minimum atomic E-state index is -0.375. The predicted molar refractivity (Wildman–Crippen MR) is 106 cm³/mol. The molecular weight excluding hydrogens is 370 g/mol. The van der Waals surface area contributed by atoms with E-state index in [0.717, 1.165) is 11.3 Å². The molecule has 0 aromatic heterocycles. The summed E-state index contributed by atoms with van der Waals surface area (Å²) in [6, 6.07) is 16.9. The minimum Gasteiger partial charge on any atom is -0.491 e. The molecule has 0 aliphatic heterocycles. The zero-order chi connectivity index (χ0) is 18.6. The van der Waals surface area contributed by atoms with Crippen LogP contribution in [0.3, 0.4) is 0 Å². The number of ether oxygens (including phenoxy) is 2. The van der Waals surface area contributed by atoms with Gasteiger partial charge in [0.05, 0.1) is 26.3 Å². The van der Waals surface area contributed by atoms with Gasteiger partial charge in [-0.05, 0) is 29.8 Å². The zero-order valence-corrected chi connectivity index (χ0v) is 15.7. The summed E-state index contributed by atoms with van der Waals surface area (Å²) in [5, 5.41) is 5.12.